The molecule has 0 saturated carbocycles. The van der Waals surface area contributed by atoms with Gasteiger partial charge in [0.15, 0.2) is 0 Å². The predicted molar refractivity (Wildman–Crippen MR) is 17.4 cm³/mol. The Hall–Kier alpha value is 1.81. The van der Waals surface area contributed by atoms with Gasteiger partial charge in [0.1, 0.15) is 0 Å². The van der Waals surface area contributed by atoms with Crippen LogP contribution in [0.1, 0.15) is 0 Å². The SMILES string of the molecule is O=P([O-])(O)F.[Mg+2].[Na+].[O-2]. The van der Waals surface area contributed by atoms with Gasteiger partial charge in [-0.05, 0) is 0 Å². The van der Waals surface area contributed by atoms with Crippen molar-refractivity contribution < 1.29 is 53.6 Å². The Balaban J connectivity index is -0.0000000267. The summed E-state index contributed by atoms with van der Waals surface area (Å²) < 4.78 is 18.8. The van der Waals surface area contributed by atoms with Gasteiger partial charge in [-0.3, -0.25) is 4.57 Å². The van der Waals surface area contributed by atoms with Crippen molar-refractivity contribution in [1.82, 2.24) is 0 Å². The maximum Gasteiger partial charge on any atom is 2.00 e. The smallest absolute Gasteiger partial charge is 2.00 e. The summed E-state index contributed by atoms with van der Waals surface area (Å²) in [5.74, 6) is 0. The second-order valence-electron chi connectivity index (χ2n) is 0.451. The number of rotatable bonds is 0. The monoisotopic (exact) mass is 162 g/mol. The van der Waals surface area contributed by atoms with E-state index in [1.165, 1.54) is 0 Å². The van der Waals surface area contributed by atoms with E-state index in [0.717, 1.165) is 0 Å². The molecule has 0 radical (unpaired) electrons. The maximum absolute atomic E-state index is 10.2. The van der Waals surface area contributed by atoms with E-state index < -0.39 is 7.91 Å². The fourth-order valence-corrected chi connectivity index (χ4v) is 0. The Morgan fingerprint density at radius 1 is 1.62 bits per heavy atom. The Kier molecular flexibility index (Phi) is 24.8. The van der Waals surface area contributed by atoms with Crippen LogP contribution in [0.2, 0.25) is 0 Å². The molecule has 0 aromatic rings. The normalized spacial score (nSPS) is 13.4. The summed E-state index contributed by atoms with van der Waals surface area (Å²) in [7, 11) is -5.39. The summed E-state index contributed by atoms with van der Waals surface area (Å²) in [6.45, 7) is 0. The van der Waals surface area contributed by atoms with Gasteiger partial charge in [-0.25, -0.2) is 0 Å². The minimum absolute atomic E-state index is 0. The molecule has 0 rings (SSSR count). The van der Waals surface area contributed by atoms with Crippen LogP contribution < -0.4 is 34.5 Å². The van der Waals surface area contributed by atoms with Gasteiger partial charge in [-0.15, -0.1) is 0 Å². The average molecular weight is 162 g/mol. The standard InChI is InChI=1S/FH2O3P.Mg.Na.O/c1-5(2,3)4;;;/h(H2,2,3,4);;;/q;+2;+1;-2/p-1. The van der Waals surface area contributed by atoms with E-state index in [4.69, 9.17) is 14.4 Å². The molecular formula is HFMgNaO4P. The van der Waals surface area contributed by atoms with E-state index in [9.17, 15) is 4.20 Å². The molecule has 8 heteroatoms. The minimum atomic E-state index is -5.39. The molecule has 0 heterocycles. The van der Waals surface area contributed by atoms with E-state index in [2.05, 4.69) is 0 Å². The third-order valence-electron chi connectivity index (χ3n) is 0. The van der Waals surface area contributed by atoms with Crippen LogP contribution in [0.3, 0.4) is 0 Å². The molecule has 0 bridgehead atoms. The Morgan fingerprint density at radius 2 is 1.62 bits per heavy atom. The summed E-state index contributed by atoms with van der Waals surface area (Å²) in [6.07, 6.45) is 0. The van der Waals surface area contributed by atoms with E-state index in [0.29, 0.717) is 0 Å². The summed E-state index contributed by atoms with van der Waals surface area (Å²) in [4.78, 5) is 15.4. The zero-order chi connectivity index (χ0) is 4.50. The first kappa shape index (κ1) is 22.6. The van der Waals surface area contributed by atoms with Gasteiger partial charge in [-0.1, -0.05) is 0 Å². The summed E-state index contributed by atoms with van der Waals surface area (Å²) in [5.41, 5.74) is 0. The molecule has 0 aliphatic rings. The van der Waals surface area contributed by atoms with Crippen LogP contribution in [-0.2, 0) is 10.0 Å². The van der Waals surface area contributed by atoms with Gasteiger partial charge in [0.2, 0.25) is 0 Å². The van der Waals surface area contributed by atoms with Gasteiger partial charge in [0.25, 0.3) is 0 Å². The molecule has 0 amide bonds. The number of halogens is 1. The quantitative estimate of drug-likeness (QED) is 0.290. The van der Waals surface area contributed by atoms with Crippen LogP contribution in [0.25, 0.3) is 0 Å². The Morgan fingerprint density at radius 3 is 1.62 bits per heavy atom. The van der Waals surface area contributed by atoms with Gasteiger partial charge in [-0.2, -0.15) is 4.20 Å². The third-order valence-corrected chi connectivity index (χ3v) is 0. The average Bonchev–Trinajstić information content (AvgIpc) is 0.722. The zero-order valence-corrected chi connectivity index (χ0v) is 8.51. The number of hydrogen-bond donors (Lipinski definition) is 1. The summed E-state index contributed by atoms with van der Waals surface area (Å²) >= 11 is 0. The molecule has 0 fully saturated rings. The van der Waals surface area contributed by atoms with Crippen molar-refractivity contribution in [1.29, 1.82) is 0 Å². The van der Waals surface area contributed by atoms with E-state index in [-0.39, 0.29) is 58.1 Å². The van der Waals surface area contributed by atoms with E-state index >= 15 is 0 Å². The van der Waals surface area contributed by atoms with Crippen LogP contribution in [0.4, 0.5) is 4.20 Å². The Labute approximate surface area is 83.9 Å². The summed E-state index contributed by atoms with van der Waals surface area (Å²) in [6, 6.07) is 0. The van der Waals surface area contributed by atoms with E-state index in [1.54, 1.807) is 0 Å². The van der Waals surface area contributed by atoms with Crippen molar-refractivity contribution in [2.75, 3.05) is 0 Å². The van der Waals surface area contributed by atoms with Crippen molar-refractivity contribution in [2.45, 2.75) is 0 Å². The van der Waals surface area contributed by atoms with Crippen molar-refractivity contribution in [3.63, 3.8) is 0 Å². The first-order valence-electron chi connectivity index (χ1n) is 0.734. The Bertz CT molecular complexity index is 62.2. The molecule has 0 aromatic heterocycles. The maximum atomic E-state index is 10.2. The molecule has 0 saturated heterocycles. The van der Waals surface area contributed by atoms with Crippen LogP contribution >= 0.6 is 7.91 Å². The second-order valence-corrected chi connectivity index (χ2v) is 1.35. The van der Waals surface area contributed by atoms with Gasteiger partial charge >= 0.3 is 60.5 Å². The van der Waals surface area contributed by atoms with Crippen LogP contribution in [-0.4, -0.2) is 27.9 Å². The molecule has 4 nitrogen and oxygen atoms in total. The molecule has 0 aliphatic heterocycles. The van der Waals surface area contributed by atoms with Crippen molar-refractivity contribution in [3.05, 3.63) is 0 Å². The number of hydrogen-bond acceptors (Lipinski definition) is 2. The van der Waals surface area contributed by atoms with Crippen molar-refractivity contribution in [2.24, 2.45) is 0 Å². The van der Waals surface area contributed by atoms with E-state index in [1.807, 2.05) is 0 Å². The van der Waals surface area contributed by atoms with Crippen LogP contribution in [0.5, 0.6) is 0 Å². The zero-order valence-electron chi connectivity index (χ0n) is 4.20. The van der Waals surface area contributed by atoms with Crippen LogP contribution in [0, 0.1) is 0 Å². The molecule has 1 unspecified atom stereocenters. The van der Waals surface area contributed by atoms with Gasteiger partial charge < -0.3 is 15.3 Å². The molecule has 1 N–H and O–H groups in total. The first-order valence-corrected chi connectivity index (χ1v) is 2.20. The van der Waals surface area contributed by atoms with Gasteiger partial charge in [0, 0.05) is 0 Å². The molecule has 1 atom stereocenters. The largest absolute Gasteiger partial charge is 2.00 e. The fourth-order valence-electron chi connectivity index (χ4n) is 0. The van der Waals surface area contributed by atoms with Gasteiger partial charge in [0.05, 0.1) is 0 Å². The summed E-state index contributed by atoms with van der Waals surface area (Å²) in [5, 5.41) is 0. The molecule has 0 spiro atoms. The minimum Gasteiger partial charge on any atom is -2.00 e. The fraction of sp³-hybridized carbons (Fsp3) is 0. The predicted octanol–water partition coefficient (Wildman–Crippen LogP) is -4.08. The van der Waals surface area contributed by atoms with Crippen LogP contribution in [0.15, 0.2) is 0 Å². The molecular weight excluding hydrogens is 161 g/mol. The van der Waals surface area contributed by atoms with Crippen molar-refractivity contribution in [3.8, 4) is 0 Å². The second kappa shape index (κ2) is 8.81. The topological polar surface area (TPSA) is 88.9 Å². The molecule has 0 aromatic carbocycles. The molecule has 0 aliphatic carbocycles. The molecule has 40 valence electrons. The van der Waals surface area contributed by atoms with Crippen molar-refractivity contribution >= 4 is 31.0 Å². The third kappa shape index (κ3) is 111. The molecule has 8 heavy (non-hydrogen) atoms. The first-order chi connectivity index (χ1) is 2.00.